The largest absolute Gasteiger partial charge is 0.495 e. The van der Waals surface area contributed by atoms with Gasteiger partial charge in [0.2, 0.25) is 10.0 Å². The summed E-state index contributed by atoms with van der Waals surface area (Å²) in [6.45, 7) is 4.75. The summed E-state index contributed by atoms with van der Waals surface area (Å²) in [6.07, 6.45) is 2.08. The van der Waals surface area contributed by atoms with Crippen molar-refractivity contribution in [2.45, 2.75) is 30.7 Å². The second kappa shape index (κ2) is 8.10. The Balaban J connectivity index is 2.05. The maximum absolute atomic E-state index is 12.6. The molecule has 1 aromatic rings. The highest BCUT2D eigenvalue weighted by atomic mass is 32.2. The molecule has 1 N–H and O–H groups in total. The van der Waals surface area contributed by atoms with Crippen LogP contribution in [0.2, 0.25) is 0 Å². The zero-order valence-electron chi connectivity index (χ0n) is 14.0. The van der Waals surface area contributed by atoms with Gasteiger partial charge in [-0.2, -0.15) is 0 Å². The highest BCUT2D eigenvalue weighted by molar-refractivity contribution is 7.89. The lowest BCUT2D eigenvalue weighted by atomic mass is 10.2. The van der Waals surface area contributed by atoms with Gasteiger partial charge in [0.25, 0.3) is 0 Å². The molecule has 1 fully saturated rings. The summed E-state index contributed by atoms with van der Waals surface area (Å²) in [4.78, 5) is 2.47. The third-order valence-corrected chi connectivity index (χ3v) is 5.64. The molecule has 1 aliphatic rings. The van der Waals surface area contributed by atoms with Crippen molar-refractivity contribution >= 4 is 10.0 Å². The minimum Gasteiger partial charge on any atom is -0.495 e. The Hall–Kier alpha value is -1.15. The van der Waals surface area contributed by atoms with Crippen LogP contribution < -0.4 is 9.46 Å². The molecule has 7 heteroatoms. The lowest BCUT2D eigenvalue weighted by Crippen LogP contribution is -2.41. The van der Waals surface area contributed by atoms with E-state index in [9.17, 15) is 8.42 Å². The summed E-state index contributed by atoms with van der Waals surface area (Å²) in [7, 11) is -0.432. The first-order valence-electron chi connectivity index (χ1n) is 7.85. The Bertz CT molecular complexity index is 619. The van der Waals surface area contributed by atoms with Crippen LogP contribution in [-0.2, 0) is 14.8 Å². The van der Waals surface area contributed by atoms with Gasteiger partial charge in [0.1, 0.15) is 10.6 Å². The number of hydrogen-bond acceptors (Lipinski definition) is 5. The van der Waals surface area contributed by atoms with Crippen molar-refractivity contribution in [3.05, 3.63) is 23.8 Å². The van der Waals surface area contributed by atoms with Gasteiger partial charge < -0.3 is 9.47 Å². The quantitative estimate of drug-likeness (QED) is 0.773. The van der Waals surface area contributed by atoms with E-state index in [0.29, 0.717) is 18.9 Å². The minimum atomic E-state index is -3.59. The van der Waals surface area contributed by atoms with Crippen LogP contribution in [0.4, 0.5) is 0 Å². The molecule has 0 spiro atoms. The van der Waals surface area contributed by atoms with E-state index in [1.807, 2.05) is 13.0 Å². The van der Waals surface area contributed by atoms with Crippen molar-refractivity contribution < 1.29 is 17.9 Å². The number of ether oxygens (including phenoxy) is 2. The predicted molar refractivity (Wildman–Crippen MR) is 89.4 cm³/mol. The molecule has 1 aliphatic heterocycles. The first kappa shape index (κ1) is 18.2. The second-order valence-electron chi connectivity index (χ2n) is 5.83. The molecule has 0 aliphatic carbocycles. The van der Waals surface area contributed by atoms with Gasteiger partial charge >= 0.3 is 0 Å². The van der Waals surface area contributed by atoms with E-state index in [4.69, 9.17) is 9.47 Å². The standard InChI is InChI=1S/C16H26N2O4S/c1-13-6-7-15(22-3)16(11-13)23(19,20)17-12-14-5-4-8-18(14)9-10-21-2/h6-7,11,14,17H,4-5,8-10,12H2,1-3H3/t14-/m0/s1. The molecule has 0 bridgehead atoms. The fourth-order valence-corrected chi connectivity index (χ4v) is 4.23. The summed E-state index contributed by atoms with van der Waals surface area (Å²) in [6, 6.07) is 5.38. The molecule has 0 unspecified atom stereocenters. The number of benzene rings is 1. The van der Waals surface area contributed by atoms with Gasteiger partial charge in [0.15, 0.2) is 0 Å². The highest BCUT2D eigenvalue weighted by Crippen LogP contribution is 2.25. The first-order chi connectivity index (χ1) is 11.0. The molecule has 0 radical (unpaired) electrons. The molecule has 0 aromatic heterocycles. The molecule has 2 rings (SSSR count). The average Bonchev–Trinajstić information content (AvgIpc) is 2.98. The Kier molecular flexibility index (Phi) is 6.41. The number of sulfonamides is 1. The summed E-state index contributed by atoms with van der Waals surface area (Å²) >= 11 is 0. The van der Waals surface area contributed by atoms with Crippen LogP contribution in [0.15, 0.2) is 23.1 Å². The van der Waals surface area contributed by atoms with Crippen LogP contribution in [0.1, 0.15) is 18.4 Å². The van der Waals surface area contributed by atoms with Gasteiger partial charge in [-0.05, 0) is 44.0 Å². The zero-order chi connectivity index (χ0) is 16.9. The highest BCUT2D eigenvalue weighted by Gasteiger charge is 2.27. The molecule has 1 atom stereocenters. The van der Waals surface area contributed by atoms with Gasteiger partial charge in [-0.3, -0.25) is 4.90 Å². The summed E-state index contributed by atoms with van der Waals surface area (Å²) < 4.78 is 38.2. The van der Waals surface area contributed by atoms with Crippen LogP contribution >= 0.6 is 0 Å². The van der Waals surface area contributed by atoms with E-state index in [-0.39, 0.29) is 10.9 Å². The molecular formula is C16H26N2O4S. The summed E-state index contributed by atoms with van der Waals surface area (Å²) in [5.41, 5.74) is 0.883. The van der Waals surface area contributed by atoms with Gasteiger partial charge in [-0.1, -0.05) is 6.07 Å². The van der Waals surface area contributed by atoms with Crippen LogP contribution in [-0.4, -0.2) is 59.8 Å². The number of rotatable bonds is 8. The van der Waals surface area contributed by atoms with E-state index in [0.717, 1.165) is 31.5 Å². The summed E-state index contributed by atoms with van der Waals surface area (Å²) in [5, 5.41) is 0. The van der Waals surface area contributed by atoms with E-state index in [2.05, 4.69) is 9.62 Å². The van der Waals surface area contributed by atoms with Crippen molar-refractivity contribution in [1.82, 2.24) is 9.62 Å². The molecule has 0 saturated carbocycles. The second-order valence-corrected chi connectivity index (χ2v) is 7.57. The Labute approximate surface area is 138 Å². The summed E-state index contributed by atoms with van der Waals surface area (Å²) in [5.74, 6) is 0.366. The van der Waals surface area contributed by atoms with Crippen molar-refractivity contribution in [3.63, 3.8) is 0 Å². The van der Waals surface area contributed by atoms with E-state index < -0.39 is 10.0 Å². The zero-order valence-corrected chi connectivity index (χ0v) is 14.9. The van der Waals surface area contributed by atoms with Gasteiger partial charge in [0, 0.05) is 26.2 Å². The van der Waals surface area contributed by atoms with Crippen molar-refractivity contribution in [2.24, 2.45) is 0 Å². The van der Waals surface area contributed by atoms with E-state index in [1.54, 1.807) is 19.2 Å². The number of aryl methyl sites for hydroxylation is 1. The Morgan fingerprint density at radius 3 is 2.83 bits per heavy atom. The van der Waals surface area contributed by atoms with Crippen molar-refractivity contribution in [2.75, 3.05) is 40.5 Å². The van der Waals surface area contributed by atoms with Crippen LogP contribution in [0.5, 0.6) is 5.75 Å². The number of nitrogens with zero attached hydrogens (tertiary/aromatic N) is 1. The molecule has 6 nitrogen and oxygen atoms in total. The molecule has 1 heterocycles. The smallest absolute Gasteiger partial charge is 0.244 e. The molecular weight excluding hydrogens is 316 g/mol. The molecule has 130 valence electrons. The van der Waals surface area contributed by atoms with E-state index >= 15 is 0 Å². The van der Waals surface area contributed by atoms with Crippen LogP contribution in [0, 0.1) is 6.92 Å². The van der Waals surface area contributed by atoms with Gasteiger partial charge in [-0.25, -0.2) is 13.1 Å². The maximum atomic E-state index is 12.6. The Morgan fingerprint density at radius 2 is 2.13 bits per heavy atom. The van der Waals surface area contributed by atoms with Crippen molar-refractivity contribution in [3.8, 4) is 5.75 Å². The molecule has 0 amide bonds. The molecule has 1 saturated heterocycles. The van der Waals surface area contributed by atoms with E-state index in [1.165, 1.54) is 7.11 Å². The third-order valence-electron chi connectivity index (χ3n) is 4.20. The van der Waals surface area contributed by atoms with Crippen molar-refractivity contribution in [1.29, 1.82) is 0 Å². The third kappa shape index (κ3) is 4.67. The average molecular weight is 342 g/mol. The lowest BCUT2D eigenvalue weighted by molar-refractivity contribution is 0.141. The first-order valence-corrected chi connectivity index (χ1v) is 9.33. The monoisotopic (exact) mass is 342 g/mol. The SMILES string of the molecule is COCCN1CCC[C@H]1CNS(=O)(=O)c1cc(C)ccc1OC. The number of methoxy groups -OCH3 is 2. The minimum absolute atomic E-state index is 0.196. The predicted octanol–water partition coefficient (Wildman–Crippen LogP) is 1.39. The van der Waals surface area contributed by atoms with Crippen LogP contribution in [0.25, 0.3) is 0 Å². The normalized spacial score (nSPS) is 19.2. The fraction of sp³-hybridized carbons (Fsp3) is 0.625. The fourth-order valence-electron chi connectivity index (χ4n) is 2.91. The maximum Gasteiger partial charge on any atom is 0.244 e. The lowest BCUT2D eigenvalue weighted by Gasteiger charge is -2.24. The molecule has 23 heavy (non-hydrogen) atoms. The Morgan fingerprint density at radius 1 is 1.35 bits per heavy atom. The molecule has 1 aromatic carbocycles. The number of hydrogen-bond donors (Lipinski definition) is 1. The number of nitrogens with one attached hydrogen (secondary N) is 1. The van der Waals surface area contributed by atoms with Gasteiger partial charge in [-0.15, -0.1) is 0 Å². The van der Waals surface area contributed by atoms with Crippen LogP contribution in [0.3, 0.4) is 0 Å². The topological polar surface area (TPSA) is 67.9 Å². The number of likely N-dealkylation sites (tertiary alicyclic amines) is 1. The van der Waals surface area contributed by atoms with Gasteiger partial charge in [0.05, 0.1) is 13.7 Å².